The first-order valence-electron chi connectivity index (χ1n) is 6.05. The summed E-state index contributed by atoms with van der Waals surface area (Å²) in [7, 11) is 3.13. The van der Waals surface area contributed by atoms with Crippen LogP contribution in [0.15, 0.2) is 0 Å². The van der Waals surface area contributed by atoms with Crippen molar-refractivity contribution in [2.24, 2.45) is 11.3 Å². The highest BCUT2D eigenvalue weighted by Gasteiger charge is 2.36. The molecular weight excluding hydrogens is 187 g/mol. The van der Waals surface area contributed by atoms with Crippen LogP contribution in [0.25, 0.3) is 0 Å². The summed E-state index contributed by atoms with van der Waals surface area (Å²) in [6.07, 6.45) is 5.28. The van der Waals surface area contributed by atoms with Gasteiger partial charge in [-0.05, 0) is 29.3 Å². The highest BCUT2D eigenvalue weighted by molar-refractivity contribution is 7.19. The van der Waals surface area contributed by atoms with Crippen LogP contribution in [0.3, 0.4) is 0 Å². The van der Waals surface area contributed by atoms with Crippen LogP contribution < -0.4 is 0 Å². The molecule has 0 aromatic heterocycles. The lowest BCUT2D eigenvalue weighted by Gasteiger charge is -2.43. The Hall–Kier alpha value is 0.430. The SMILES string of the molecule is CCCC(C)CC(P)(CC)C(C)(C)C. The average Bonchev–Trinajstić information content (AvgIpc) is 2.02. The van der Waals surface area contributed by atoms with Crippen LogP contribution in [0.4, 0.5) is 0 Å². The molecule has 0 spiro atoms. The minimum atomic E-state index is 0.397. The lowest BCUT2D eigenvalue weighted by molar-refractivity contribution is 0.225. The van der Waals surface area contributed by atoms with Crippen molar-refractivity contribution in [3.8, 4) is 0 Å². The van der Waals surface area contributed by atoms with Gasteiger partial charge in [-0.2, -0.15) is 0 Å². The summed E-state index contributed by atoms with van der Waals surface area (Å²) >= 11 is 0. The van der Waals surface area contributed by atoms with Crippen molar-refractivity contribution < 1.29 is 0 Å². The second-order valence-electron chi connectivity index (χ2n) is 5.86. The Morgan fingerprint density at radius 2 is 1.64 bits per heavy atom. The molecule has 0 bridgehead atoms. The van der Waals surface area contributed by atoms with E-state index in [-0.39, 0.29) is 0 Å². The zero-order valence-corrected chi connectivity index (χ0v) is 12.1. The Labute approximate surface area is 93.4 Å². The molecule has 0 heterocycles. The highest BCUT2D eigenvalue weighted by atomic mass is 31.0. The van der Waals surface area contributed by atoms with Gasteiger partial charge in [0.1, 0.15) is 0 Å². The molecule has 14 heavy (non-hydrogen) atoms. The molecule has 0 aromatic carbocycles. The van der Waals surface area contributed by atoms with Crippen LogP contribution in [0.1, 0.15) is 67.2 Å². The lowest BCUT2D eigenvalue weighted by atomic mass is 9.73. The van der Waals surface area contributed by atoms with Gasteiger partial charge >= 0.3 is 0 Å². The minimum Gasteiger partial charge on any atom is -0.131 e. The fourth-order valence-electron chi connectivity index (χ4n) is 2.20. The molecule has 0 nitrogen and oxygen atoms in total. The summed E-state index contributed by atoms with van der Waals surface area (Å²) in [6.45, 7) is 14.1. The maximum atomic E-state index is 3.13. The van der Waals surface area contributed by atoms with Gasteiger partial charge in [-0.3, -0.25) is 0 Å². The van der Waals surface area contributed by atoms with Crippen LogP contribution in [0, 0.1) is 11.3 Å². The van der Waals surface area contributed by atoms with Crippen molar-refractivity contribution in [3.05, 3.63) is 0 Å². The lowest BCUT2D eigenvalue weighted by Crippen LogP contribution is -2.37. The topological polar surface area (TPSA) is 0 Å². The largest absolute Gasteiger partial charge is 0.131 e. The van der Waals surface area contributed by atoms with E-state index in [1.54, 1.807) is 0 Å². The van der Waals surface area contributed by atoms with Crippen LogP contribution in [0.2, 0.25) is 0 Å². The summed E-state index contributed by atoms with van der Waals surface area (Å²) in [5.74, 6) is 0.858. The summed E-state index contributed by atoms with van der Waals surface area (Å²) in [4.78, 5) is 0. The molecule has 0 amide bonds. The van der Waals surface area contributed by atoms with Crippen LogP contribution in [-0.4, -0.2) is 5.16 Å². The van der Waals surface area contributed by atoms with Crippen molar-refractivity contribution in [2.75, 3.05) is 0 Å². The third-order valence-corrected chi connectivity index (χ3v) is 5.13. The second-order valence-corrected chi connectivity index (χ2v) is 6.96. The Balaban J connectivity index is 4.40. The molecule has 86 valence electrons. The zero-order valence-electron chi connectivity index (χ0n) is 11.0. The molecule has 0 saturated carbocycles. The Kier molecular flexibility index (Phi) is 5.67. The van der Waals surface area contributed by atoms with Gasteiger partial charge in [-0.1, -0.05) is 54.4 Å². The van der Waals surface area contributed by atoms with Crippen molar-refractivity contribution in [1.29, 1.82) is 0 Å². The molecule has 0 fully saturated rings. The summed E-state index contributed by atoms with van der Waals surface area (Å²) in [5.41, 5.74) is 0.397. The van der Waals surface area contributed by atoms with E-state index in [0.717, 1.165) is 5.92 Å². The average molecular weight is 216 g/mol. The molecule has 3 unspecified atom stereocenters. The molecule has 0 rings (SSSR count). The first kappa shape index (κ1) is 14.4. The molecule has 0 radical (unpaired) electrons. The number of hydrogen-bond acceptors (Lipinski definition) is 0. The van der Waals surface area contributed by atoms with Crippen LogP contribution >= 0.6 is 9.24 Å². The van der Waals surface area contributed by atoms with Crippen molar-refractivity contribution in [3.63, 3.8) is 0 Å². The van der Waals surface area contributed by atoms with Crippen molar-refractivity contribution >= 4 is 9.24 Å². The monoisotopic (exact) mass is 216 g/mol. The van der Waals surface area contributed by atoms with E-state index in [9.17, 15) is 0 Å². The van der Waals surface area contributed by atoms with Crippen LogP contribution in [0.5, 0.6) is 0 Å². The molecule has 3 atom stereocenters. The Morgan fingerprint density at radius 1 is 1.14 bits per heavy atom. The Bertz CT molecular complexity index is 157. The predicted octanol–water partition coefficient (Wildman–Crippen LogP) is 4.88. The fraction of sp³-hybridized carbons (Fsp3) is 1.00. The van der Waals surface area contributed by atoms with E-state index in [1.807, 2.05) is 0 Å². The van der Waals surface area contributed by atoms with E-state index < -0.39 is 0 Å². The first-order chi connectivity index (χ1) is 6.27. The molecule has 0 N–H and O–H groups in total. The normalized spacial score (nSPS) is 19.1. The fourth-order valence-corrected chi connectivity index (χ4v) is 2.60. The Morgan fingerprint density at radius 3 is 1.93 bits per heavy atom. The maximum absolute atomic E-state index is 3.13. The van der Waals surface area contributed by atoms with E-state index in [4.69, 9.17) is 0 Å². The molecular formula is C13H29P. The highest BCUT2D eigenvalue weighted by Crippen LogP contribution is 2.46. The van der Waals surface area contributed by atoms with E-state index in [1.165, 1.54) is 25.7 Å². The molecule has 0 aromatic rings. The predicted molar refractivity (Wildman–Crippen MR) is 70.9 cm³/mol. The molecule has 0 saturated heterocycles. The van der Waals surface area contributed by atoms with Gasteiger partial charge in [0, 0.05) is 0 Å². The summed E-state index contributed by atoms with van der Waals surface area (Å²) in [6, 6.07) is 0. The third kappa shape index (κ3) is 3.89. The van der Waals surface area contributed by atoms with Gasteiger partial charge in [-0.25, -0.2) is 0 Å². The van der Waals surface area contributed by atoms with Gasteiger partial charge in [0.15, 0.2) is 0 Å². The van der Waals surface area contributed by atoms with E-state index in [0.29, 0.717) is 10.6 Å². The maximum Gasteiger partial charge on any atom is -0.0102 e. The van der Waals surface area contributed by atoms with Crippen molar-refractivity contribution in [2.45, 2.75) is 72.4 Å². The molecule has 0 aliphatic carbocycles. The minimum absolute atomic E-state index is 0.397. The van der Waals surface area contributed by atoms with Crippen molar-refractivity contribution in [1.82, 2.24) is 0 Å². The molecule has 0 aliphatic heterocycles. The van der Waals surface area contributed by atoms with E-state index in [2.05, 4.69) is 50.8 Å². The van der Waals surface area contributed by atoms with Gasteiger partial charge in [0.25, 0.3) is 0 Å². The standard InChI is InChI=1S/C13H29P/c1-7-9-11(3)10-13(14,8-2)12(4,5)6/h11H,7-10,14H2,1-6H3. The summed E-state index contributed by atoms with van der Waals surface area (Å²) < 4.78 is 0. The molecule has 1 heteroatoms. The smallest absolute Gasteiger partial charge is 0.0102 e. The summed E-state index contributed by atoms with van der Waals surface area (Å²) in [5, 5.41) is 0.418. The second kappa shape index (κ2) is 5.50. The van der Waals surface area contributed by atoms with Crippen LogP contribution in [-0.2, 0) is 0 Å². The van der Waals surface area contributed by atoms with Gasteiger partial charge in [0.2, 0.25) is 0 Å². The number of rotatable bonds is 5. The van der Waals surface area contributed by atoms with Gasteiger partial charge in [0.05, 0.1) is 0 Å². The number of hydrogen-bond donors (Lipinski definition) is 0. The first-order valence-corrected chi connectivity index (χ1v) is 6.63. The molecule has 0 aliphatic rings. The van der Waals surface area contributed by atoms with Gasteiger partial charge < -0.3 is 0 Å². The zero-order chi connectivity index (χ0) is 11.4. The van der Waals surface area contributed by atoms with E-state index >= 15 is 0 Å². The quantitative estimate of drug-likeness (QED) is 0.574. The third-order valence-electron chi connectivity index (χ3n) is 3.62. The van der Waals surface area contributed by atoms with Gasteiger partial charge in [-0.15, -0.1) is 9.24 Å².